The number of sulfonamides is 1. The zero-order chi connectivity index (χ0) is 18.1. The van der Waals surface area contributed by atoms with E-state index in [4.69, 9.17) is 4.74 Å². The Labute approximate surface area is 141 Å². The predicted octanol–water partition coefficient (Wildman–Crippen LogP) is 1.81. The molecule has 2 aromatic rings. The lowest BCUT2D eigenvalue weighted by atomic mass is 10.1. The molecule has 0 fully saturated rings. The van der Waals surface area contributed by atoms with Gasteiger partial charge in [0.25, 0.3) is 15.9 Å². The molecule has 0 aliphatic heterocycles. The Bertz CT molecular complexity index is 885. The van der Waals surface area contributed by atoms with Gasteiger partial charge in [0.05, 0.1) is 12.8 Å². The van der Waals surface area contributed by atoms with Crippen molar-refractivity contribution in [1.29, 1.82) is 0 Å². The van der Waals surface area contributed by atoms with Gasteiger partial charge in [-0.1, -0.05) is 6.07 Å². The van der Waals surface area contributed by atoms with Crippen molar-refractivity contribution in [3.63, 3.8) is 0 Å². The molecule has 2 N–H and O–H groups in total. The van der Waals surface area contributed by atoms with Gasteiger partial charge in [0.15, 0.2) is 0 Å². The van der Waals surface area contributed by atoms with Crippen LogP contribution in [0.2, 0.25) is 0 Å². The van der Waals surface area contributed by atoms with E-state index in [-0.39, 0.29) is 16.5 Å². The summed E-state index contributed by atoms with van der Waals surface area (Å²) in [6.45, 7) is 3.67. The van der Waals surface area contributed by atoms with E-state index in [0.29, 0.717) is 17.0 Å². The van der Waals surface area contributed by atoms with E-state index in [1.807, 2.05) is 6.92 Å². The molecule has 0 saturated heterocycles. The van der Waals surface area contributed by atoms with Gasteiger partial charge in [-0.05, 0) is 31.5 Å². The van der Waals surface area contributed by atoms with E-state index in [1.165, 1.54) is 23.9 Å². The van der Waals surface area contributed by atoms with Crippen LogP contribution in [0.1, 0.15) is 21.6 Å². The highest BCUT2D eigenvalue weighted by Gasteiger charge is 2.21. The molecule has 0 unspecified atom stereocenters. The van der Waals surface area contributed by atoms with Gasteiger partial charge < -0.3 is 14.6 Å². The second kappa shape index (κ2) is 6.56. The molecule has 0 saturated carbocycles. The predicted molar refractivity (Wildman–Crippen MR) is 92.1 cm³/mol. The summed E-state index contributed by atoms with van der Waals surface area (Å²) in [6, 6.07) is 4.81. The second-order valence-electron chi connectivity index (χ2n) is 5.44. The van der Waals surface area contributed by atoms with Crippen LogP contribution in [0.3, 0.4) is 0 Å². The number of aromatic nitrogens is 1. The highest BCUT2D eigenvalue weighted by molar-refractivity contribution is 7.92. The summed E-state index contributed by atoms with van der Waals surface area (Å²) in [7, 11) is 0.823. The van der Waals surface area contributed by atoms with Gasteiger partial charge in [-0.3, -0.25) is 9.52 Å². The Morgan fingerprint density at radius 2 is 1.92 bits per heavy atom. The standard InChI is InChI=1S/C16H21N3O4S/c1-10-6-7-13(11(2)15(10)23-5)18-24(21,22)12-8-14(16(20)17-3)19(4)9-12/h6-9,18H,1-5H3,(H,17,20). The van der Waals surface area contributed by atoms with E-state index in [1.54, 1.807) is 33.2 Å². The average molecular weight is 351 g/mol. The summed E-state index contributed by atoms with van der Waals surface area (Å²) in [4.78, 5) is 11.8. The summed E-state index contributed by atoms with van der Waals surface area (Å²) in [5.74, 6) is 0.279. The largest absolute Gasteiger partial charge is 0.496 e. The molecule has 0 radical (unpaired) electrons. The van der Waals surface area contributed by atoms with E-state index in [0.717, 1.165) is 5.56 Å². The first-order chi connectivity index (χ1) is 11.2. The lowest BCUT2D eigenvalue weighted by molar-refractivity contribution is 0.0955. The van der Waals surface area contributed by atoms with Crippen molar-refractivity contribution < 1.29 is 17.9 Å². The van der Waals surface area contributed by atoms with E-state index in [2.05, 4.69) is 10.0 Å². The third-order valence-corrected chi connectivity index (χ3v) is 5.13. The second-order valence-corrected chi connectivity index (χ2v) is 7.13. The van der Waals surface area contributed by atoms with Gasteiger partial charge >= 0.3 is 0 Å². The smallest absolute Gasteiger partial charge is 0.267 e. The molecule has 1 aromatic carbocycles. The molecule has 0 aliphatic carbocycles. The van der Waals surface area contributed by atoms with E-state index < -0.39 is 10.0 Å². The fourth-order valence-electron chi connectivity index (χ4n) is 2.49. The minimum absolute atomic E-state index is 0.0162. The third-order valence-electron chi connectivity index (χ3n) is 3.80. The van der Waals surface area contributed by atoms with Crippen molar-refractivity contribution in [2.24, 2.45) is 7.05 Å². The molecule has 130 valence electrons. The Morgan fingerprint density at radius 3 is 2.50 bits per heavy atom. The Kier molecular flexibility index (Phi) is 4.88. The first-order valence-electron chi connectivity index (χ1n) is 7.26. The number of anilines is 1. The molecule has 1 amide bonds. The van der Waals surface area contributed by atoms with Crippen molar-refractivity contribution in [2.45, 2.75) is 18.7 Å². The maximum Gasteiger partial charge on any atom is 0.267 e. The summed E-state index contributed by atoms with van der Waals surface area (Å²) in [5, 5.41) is 2.48. The number of aryl methyl sites for hydroxylation is 2. The highest BCUT2D eigenvalue weighted by Crippen LogP contribution is 2.30. The monoisotopic (exact) mass is 351 g/mol. The van der Waals surface area contributed by atoms with E-state index >= 15 is 0 Å². The Morgan fingerprint density at radius 1 is 1.25 bits per heavy atom. The zero-order valence-corrected chi connectivity index (χ0v) is 15.1. The molecule has 0 atom stereocenters. The van der Waals surface area contributed by atoms with Crippen LogP contribution in [-0.4, -0.2) is 33.0 Å². The van der Waals surface area contributed by atoms with Crippen LogP contribution >= 0.6 is 0 Å². The number of rotatable bonds is 5. The molecule has 0 aliphatic rings. The first kappa shape index (κ1) is 17.9. The Balaban J connectivity index is 2.41. The molecule has 24 heavy (non-hydrogen) atoms. The van der Waals surface area contributed by atoms with Crippen LogP contribution in [0, 0.1) is 13.8 Å². The van der Waals surface area contributed by atoms with Crippen LogP contribution in [0.25, 0.3) is 0 Å². The quantitative estimate of drug-likeness (QED) is 0.860. The number of methoxy groups -OCH3 is 1. The molecule has 8 heteroatoms. The Hall–Kier alpha value is -2.48. The summed E-state index contributed by atoms with van der Waals surface area (Å²) < 4.78 is 34.6. The van der Waals surface area contributed by atoms with Gasteiger partial charge in [-0.15, -0.1) is 0 Å². The molecular formula is C16H21N3O4S. The number of carbonyl (C=O) groups excluding carboxylic acids is 1. The van der Waals surface area contributed by atoms with Crippen LogP contribution in [0.5, 0.6) is 5.75 Å². The number of amides is 1. The molecule has 0 bridgehead atoms. The van der Waals surface area contributed by atoms with Crippen LogP contribution < -0.4 is 14.8 Å². The molecule has 0 spiro atoms. The maximum atomic E-state index is 12.6. The number of nitrogens with one attached hydrogen (secondary N) is 2. The normalized spacial score (nSPS) is 11.2. The summed E-state index contributed by atoms with van der Waals surface area (Å²) in [6.07, 6.45) is 1.40. The number of carbonyl (C=O) groups is 1. The first-order valence-corrected chi connectivity index (χ1v) is 8.75. The highest BCUT2D eigenvalue weighted by atomic mass is 32.2. The maximum absolute atomic E-state index is 12.6. The number of ether oxygens (including phenoxy) is 1. The van der Waals surface area contributed by atoms with Crippen molar-refractivity contribution in [2.75, 3.05) is 18.9 Å². The van der Waals surface area contributed by atoms with Crippen LogP contribution in [0.15, 0.2) is 29.3 Å². The van der Waals surface area contributed by atoms with Gasteiger partial charge in [0, 0.05) is 25.9 Å². The van der Waals surface area contributed by atoms with Gasteiger partial charge in [0.2, 0.25) is 0 Å². The van der Waals surface area contributed by atoms with Crippen molar-refractivity contribution >= 4 is 21.6 Å². The molecule has 1 heterocycles. The molecule has 1 aromatic heterocycles. The van der Waals surface area contributed by atoms with Gasteiger partial charge in [0.1, 0.15) is 16.3 Å². The van der Waals surface area contributed by atoms with Gasteiger partial charge in [-0.2, -0.15) is 0 Å². The van der Waals surface area contributed by atoms with Crippen molar-refractivity contribution in [3.05, 3.63) is 41.2 Å². The molecule has 2 rings (SSSR count). The molecular weight excluding hydrogens is 330 g/mol. The lowest BCUT2D eigenvalue weighted by Crippen LogP contribution is -2.20. The minimum atomic E-state index is -3.82. The lowest BCUT2D eigenvalue weighted by Gasteiger charge is -2.14. The number of hydrogen-bond donors (Lipinski definition) is 2. The van der Waals surface area contributed by atoms with Crippen molar-refractivity contribution in [1.82, 2.24) is 9.88 Å². The number of benzene rings is 1. The van der Waals surface area contributed by atoms with Crippen LogP contribution in [-0.2, 0) is 17.1 Å². The average Bonchev–Trinajstić information content (AvgIpc) is 2.93. The fraction of sp³-hybridized carbons (Fsp3) is 0.312. The van der Waals surface area contributed by atoms with Crippen LogP contribution in [0.4, 0.5) is 5.69 Å². The SMILES string of the molecule is CNC(=O)c1cc(S(=O)(=O)Nc2ccc(C)c(OC)c2C)cn1C. The summed E-state index contributed by atoms with van der Waals surface area (Å²) in [5.41, 5.74) is 2.31. The third kappa shape index (κ3) is 3.23. The number of nitrogens with zero attached hydrogens (tertiary/aromatic N) is 1. The van der Waals surface area contributed by atoms with Gasteiger partial charge in [-0.25, -0.2) is 8.42 Å². The zero-order valence-electron chi connectivity index (χ0n) is 14.3. The van der Waals surface area contributed by atoms with Crippen molar-refractivity contribution in [3.8, 4) is 5.75 Å². The molecule has 7 nitrogen and oxygen atoms in total. The fourth-order valence-corrected chi connectivity index (χ4v) is 3.68. The van der Waals surface area contributed by atoms with E-state index in [9.17, 15) is 13.2 Å². The summed E-state index contributed by atoms with van der Waals surface area (Å²) >= 11 is 0. The topological polar surface area (TPSA) is 89.4 Å². The number of hydrogen-bond acceptors (Lipinski definition) is 4. The minimum Gasteiger partial charge on any atom is -0.496 e.